The lowest BCUT2D eigenvalue weighted by atomic mass is 9.72. The van der Waals surface area contributed by atoms with Crippen LogP contribution in [-0.4, -0.2) is 39.9 Å². The van der Waals surface area contributed by atoms with Gasteiger partial charge < -0.3 is 25.0 Å². The lowest BCUT2D eigenvalue weighted by Crippen LogP contribution is -2.52. The Hall–Kier alpha value is -4.27. The molecule has 3 aromatic carbocycles. The largest absolute Gasteiger partial charge is 0.487 e. The van der Waals surface area contributed by atoms with E-state index in [1.165, 1.54) is 17.7 Å². The van der Waals surface area contributed by atoms with Gasteiger partial charge in [-0.2, -0.15) is 0 Å². The van der Waals surface area contributed by atoms with Gasteiger partial charge in [0, 0.05) is 42.4 Å². The van der Waals surface area contributed by atoms with Crippen LogP contribution in [0.15, 0.2) is 89.9 Å². The molecule has 0 saturated heterocycles. The van der Waals surface area contributed by atoms with E-state index in [2.05, 4.69) is 35.8 Å². The smallest absolute Gasteiger partial charge is 0.258 e. The first-order valence-corrected chi connectivity index (χ1v) is 17.9. The Bertz CT molecular complexity index is 1850. The summed E-state index contributed by atoms with van der Waals surface area (Å²) in [5, 5.41) is 18.6. The van der Waals surface area contributed by atoms with Crippen molar-refractivity contribution < 1.29 is 19.0 Å². The maximum atomic E-state index is 14.3. The highest BCUT2D eigenvalue weighted by molar-refractivity contribution is 5.95. The highest BCUT2D eigenvalue weighted by Gasteiger charge is 2.45. The first-order chi connectivity index (χ1) is 23.8. The molecule has 4 aromatic rings. The van der Waals surface area contributed by atoms with Crippen LogP contribution in [0.25, 0.3) is 11.1 Å². The summed E-state index contributed by atoms with van der Waals surface area (Å²) in [5.41, 5.74) is 3.98. The lowest BCUT2D eigenvalue weighted by Gasteiger charge is -2.48. The quantitative estimate of drug-likeness (QED) is 0.160. The number of halogens is 1. The van der Waals surface area contributed by atoms with Gasteiger partial charge >= 0.3 is 0 Å². The molecule has 1 spiro atoms. The van der Waals surface area contributed by atoms with Crippen molar-refractivity contribution in [3.05, 3.63) is 123 Å². The number of fused-ring (bicyclic) bond motifs is 1. The third-order valence-corrected chi connectivity index (χ3v) is 10.8. The van der Waals surface area contributed by atoms with E-state index in [0.29, 0.717) is 17.5 Å². The first-order valence-electron chi connectivity index (χ1n) is 17.9. The molecule has 1 unspecified atom stereocenters. The minimum absolute atomic E-state index is 0.0158. The van der Waals surface area contributed by atoms with Crippen LogP contribution in [-0.2, 0) is 12.8 Å². The highest BCUT2D eigenvalue weighted by Crippen LogP contribution is 2.49. The molecule has 3 aliphatic rings. The Balaban J connectivity index is 1.16. The molecule has 7 nitrogen and oxygen atoms in total. The average molecular weight is 664 g/mol. The van der Waals surface area contributed by atoms with Crippen molar-refractivity contribution in [1.29, 1.82) is 0 Å². The molecule has 0 bridgehead atoms. The normalized spacial score (nSPS) is 19.4. The Morgan fingerprint density at radius 1 is 1.00 bits per heavy atom. The molecule has 1 aliphatic heterocycles. The van der Waals surface area contributed by atoms with Crippen molar-refractivity contribution >= 4 is 5.91 Å². The zero-order valence-electron chi connectivity index (χ0n) is 28.2. The molecule has 49 heavy (non-hydrogen) atoms. The van der Waals surface area contributed by atoms with Gasteiger partial charge in [-0.05, 0) is 85.9 Å². The number of nitrogens with one attached hydrogen (secondary N) is 2. The number of nitrogens with zero attached hydrogens (tertiary/aromatic N) is 1. The molecule has 256 valence electrons. The Labute approximate surface area is 287 Å². The number of hydrogen-bond acceptors (Lipinski definition) is 5. The van der Waals surface area contributed by atoms with E-state index in [-0.39, 0.29) is 41.3 Å². The second-order valence-electron chi connectivity index (χ2n) is 14.2. The van der Waals surface area contributed by atoms with Gasteiger partial charge in [0.15, 0.2) is 0 Å². The van der Waals surface area contributed by atoms with E-state index in [0.717, 1.165) is 74.7 Å². The summed E-state index contributed by atoms with van der Waals surface area (Å²) in [5.74, 6) is 0.0802. The molecule has 2 saturated carbocycles. The summed E-state index contributed by atoms with van der Waals surface area (Å²) in [7, 11) is 0. The van der Waals surface area contributed by atoms with Crippen LogP contribution in [0, 0.1) is 5.82 Å². The molecule has 8 heteroatoms. The molecule has 2 fully saturated rings. The fraction of sp³-hybridized carbons (Fsp3) is 0.415. The first kappa shape index (κ1) is 33.2. The molecule has 2 aliphatic carbocycles. The van der Waals surface area contributed by atoms with Crippen LogP contribution in [0.4, 0.5) is 4.39 Å². The number of rotatable bonds is 11. The van der Waals surface area contributed by atoms with Crippen LogP contribution in [0.3, 0.4) is 0 Å². The minimum atomic E-state index is -0.912. The number of amides is 1. The topological polar surface area (TPSA) is 92.6 Å². The van der Waals surface area contributed by atoms with E-state index in [9.17, 15) is 19.1 Å². The monoisotopic (exact) mass is 663 g/mol. The van der Waals surface area contributed by atoms with Crippen LogP contribution in [0.2, 0.25) is 0 Å². The maximum absolute atomic E-state index is 14.3. The number of carbonyl (C=O) groups is 1. The number of aliphatic hydroxyl groups excluding tert-OH is 1. The van der Waals surface area contributed by atoms with Crippen LogP contribution in [0.5, 0.6) is 5.75 Å². The predicted octanol–water partition coefficient (Wildman–Crippen LogP) is 7.07. The zero-order valence-corrected chi connectivity index (χ0v) is 28.2. The second kappa shape index (κ2) is 14.3. The van der Waals surface area contributed by atoms with Gasteiger partial charge in [-0.25, -0.2) is 4.39 Å². The summed E-state index contributed by atoms with van der Waals surface area (Å²) in [6.07, 6.45) is 9.84. The van der Waals surface area contributed by atoms with Crippen molar-refractivity contribution in [2.24, 2.45) is 0 Å². The fourth-order valence-corrected chi connectivity index (χ4v) is 7.85. The molecule has 1 aromatic heterocycles. The number of aromatic nitrogens is 1. The Kier molecular flexibility index (Phi) is 9.70. The summed E-state index contributed by atoms with van der Waals surface area (Å²) >= 11 is 0. The molecule has 3 atom stereocenters. The molecule has 2 heterocycles. The van der Waals surface area contributed by atoms with E-state index in [4.69, 9.17) is 4.74 Å². The van der Waals surface area contributed by atoms with Crippen molar-refractivity contribution in [3.63, 3.8) is 0 Å². The lowest BCUT2D eigenvalue weighted by molar-refractivity contribution is -0.0382. The van der Waals surface area contributed by atoms with Crippen LogP contribution >= 0.6 is 0 Å². The van der Waals surface area contributed by atoms with E-state index in [1.807, 2.05) is 30.3 Å². The van der Waals surface area contributed by atoms with E-state index >= 15 is 0 Å². The molecule has 1 amide bonds. The zero-order chi connectivity index (χ0) is 34.0. The number of aliphatic hydroxyl groups is 1. The number of aryl methyl sites for hydroxylation is 1. The summed E-state index contributed by atoms with van der Waals surface area (Å²) in [6.45, 7) is 2.41. The van der Waals surface area contributed by atoms with E-state index < -0.39 is 18.0 Å². The van der Waals surface area contributed by atoms with Crippen molar-refractivity contribution in [3.8, 4) is 16.9 Å². The summed E-state index contributed by atoms with van der Waals surface area (Å²) < 4.78 is 22.5. The number of pyridine rings is 1. The number of benzene rings is 3. The van der Waals surface area contributed by atoms with Gasteiger partial charge in [-0.1, -0.05) is 74.4 Å². The molecular formula is C41H46FN3O4. The minimum Gasteiger partial charge on any atom is -0.487 e. The summed E-state index contributed by atoms with van der Waals surface area (Å²) in [4.78, 5) is 27.8. The fourth-order valence-electron chi connectivity index (χ4n) is 7.85. The van der Waals surface area contributed by atoms with Gasteiger partial charge in [0.25, 0.3) is 11.5 Å². The predicted molar refractivity (Wildman–Crippen MR) is 189 cm³/mol. The molecular weight excluding hydrogens is 617 g/mol. The van der Waals surface area contributed by atoms with Gasteiger partial charge in [0.2, 0.25) is 0 Å². The standard InChI is InChI=1S/C41H46FN3O4/c1-2-27-16-17-38-34(20-27)36(24-41(49-38)18-9-19-41)43-25-37(46)35(21-28-10-4-3-5-11-28)44-39(47)30-23-33(29-12-8-13-31(42)22-29)40(48)45(26-30)32-14-6-7-15-32/h3-5,8,10-13,16-17,20,22-23,26,32,35-37,43,46H,2,6-7,9,14-15,18-19,21,24-25H2,1H3,(H,44,47)/t35-,36?,37+/m0/s1. The van der Waals surface area contributed by atoms with Gasteiger partial charge in [-0.15, -0.1) is 0 Å². The Morgan fingerprint density at radius 3 is 2.51 bits per heavy atom. The van der Waals surface area contributed by atoms with Crippen LogP contribution in [0.1, 0.15) is 97.4 Å². The number of carbonyl (C=O) groups excluding carboxylic acids is 1. The van der Waals surface area contributed by atoms with Crippen LogP contribution < -0.4 is 20.9 Å². The highest BCUT2D eigenvalue weighted by atomic mass is 19.1. The van der Waals surface area contributed by atoms with Crippen molar-refractivity contribution in [1.82, 2.24) is 15.2 Å². The van der Waals surface area contributed by atoms with Gasteiger partial charge in [0.1, 0.15) is 17.2 Å². The summed E-state index contributed by atoms with van der Waals surface area (Å²) in [6, 6.07) is 23.1. The number of ether oxygens (including phenoxy) is 1. The molecule has 0 radical (unpaired) electrons. The maximum Gasteiger partial charge on any atom is 0.258 e. The van der Waals surface area contributed by atoms with Crippen molar-refractivity contribution in [2.45, 2.75) is 101 Å². The molecule has 3 N–H and O–H groups in total. The average Bonchev–Trinajstić information content (AvgIpc) is 3.64. The van der Waals surface area contributed by atoms with E-state index in [1.54, 1.807) is 29.0 Å². The van der Waals surface area contributed by atoms with Gasteiger partial charge in [-0.3, -0.25) is 9.59 Å². The van der Waals surface area contributed by atoms with Crippen molar-refractivity contribution in [2.75, 3.05) is 6.54 Å². The molecule has 7 rings (SSSR count). The third-order valence-electron chi connectivity index (χ3n) is 10.8. The second-order valence-corrected chi connectivity index (χ2v) is 14.2. The third kappa shape index (κ3) is 7.22. The SMILES string of the molecule is CCc1ccc2c(c1)C(NC[C@@H](O)[C@H](Cc1ccccc1)NC(=O)c1cc(-c3cccc(F)c3)c(=O)n(C3CCCC3)c1)CC1(CCC1)O2. The number of hydrogen-bond donors (Lipinski definition) is 3. The van der Waals surface area contributed by atoms with Gasteiger partial charge in [0.05, 0.1) is 17.7 Å². The Morgan fingerprint density at radius 2 is 1.80 bits per heavy atom.